The minimum atomic E-state index is -0.271. The smallest absolute Gasteiger partial charge is 0.234 e. The van der Waals surface area contributed by atoms with Gasteiger partial charge in [0.15, 0.2) is 0 Å². The van der Waals surface area contributed by atoms with Gasteiger partial charge in [-0.05, 0) is 25.0 Å². The second-order valence-electron chi connectivity index (χ2n) is 5.74. The summed E-state index contributed by atoms with van der Waals surface area (Å²) in [5.74, 6) is -0.271. The van der Waals surface area contributed by atoms with Crippen LogP contribution in [0.15, 0.2) is 30.3 Å². The summed E-state index contributed by atoms with van der Waals surface area (Å²) in [4.78, 5) is 13.9. The van der Waals surface area contributed by atoms with Crippen molar-refractivity contribution in [1.82, 2.24) is 5.32 Å². The van der Waals surface area contributed by atoms with Gasteiger partial charge in [0.2, 0.25) is 5.91 Å². The van der Waals surface area contributed by atoms with Crippen molar-refractivity contribution in [2.75, 3.05) is 18.0 Å². The van der Waals surface area contributed by atoms with E-state index >= 15 is 0 Å². The lowest BCUT2D eigenvalue weighted by atomic mass is 10.1. The first-order valence-electron chi connectivity index (χ1n) is 7.90. The summed E-state index contributed by atoms with van der Waals surface area (Å²) >= 11 is 0. The number of hydrogen-bond acceptors (Lipinski definition) is 3. The minimum absolute atomic E-state index is 0.253. The van der Waals surface area contributed by atoms with Crippen LogP contribution in [0.4, 0.5) is 5.69 Å². The minimum Gasteiger partial charge on any atom is -0.371 e. The van der Waals surface area contributed by atoms with E-state index in [9.17, 15) is 4.79 Å². The normalized spacial score (nSPS) is 12.4. The van der Waals surface area contributed by atoms with Crippen LogP contribution in [0.25, 0.3) is 0 Å². The molecule has 0 spiro atoms. The zero-order valence-corrected chi connectivity index (χ0v) is 13.5. The maximum Gasteiger partial charge on any atom is 0.234 e. The summed E-state index contributed by atoms with van der Waals surface area (Å²) in [6, 6.07) is 10.3. The van der Waals surface area contributed by atoms with Gasteiger partial charge in [-0.3, -0.25) is 4.79 Å². The fraction of sp³-hybridized carbons (Fsp3) is 0.588. The first-order valence-corrected chi connectivity index (χ1v) is 7.90. The molecule has 118 valence electrons. The fourth-order valence-corrected chi connectivity index (χ4v) is 2.35. The molecule has 0 bridgehead atoms. The van der Waals surface area contributed by atoms with Crippen molar-refractivity contribution in [2.45, 2.75) is 52.1 Å². The van der Waals surface area contributed by atoms with Crippen molar-refractivity contribution in [2.24, 2.45) is 5.73 Å². The lowest BCUT2D eigenvalue weighted by Crippen LogP contribution is -2.46. The molecule has 1 amide bonds. The molecular formula is C17H29N3O. The van der Waals surface area contributed by atoms with Gasteiger partial charge in [0.05, 0.1) is 6.04 Å². The molecule has 0 heterocycles. The Kier molecular flexibility index (Phi) is 7.83. The van der Waals surface area contributed by atoms with Crippen LogP contribution < -0.4 is 16.0 Å². The highest BCUT2D eigenvalue weighted by molar-refractivity contribution is 5.79. The average Bonchev–Trinajstić information content (AvgIpc) is 2.46. The SMILES string of the molecule is CCCCN(CCC(NC(C)C)C(N)=O)c1ccccc1. The predicted molar refractivity (Wildman–Crippen MR) is 89.4 cm³/mol. The molecule has 4 nitrogen and oxygen atoms in total. The summed E-state index contributed by atoms with van der Waals surface area (Å²) < 4.78 is 0. The highest BCUT2D eigenvalue weighted by Gasteiger charge is 2.17. The first kappa shape index (κ1) is 17.5. The van der Waals surface area contributed by atoms with Crippen LogP contribution in [0.1, 0.15) is 40.0 Å². The second kappa shape index (κ2) is 9.40. The Labute approximate surface area is 128 Å². The van der Waals surface area contributed by atoms with Gasteiger partial charge in [-0.15, -0.1) is 0 Å². The van der Waals surface area contributed by atoms with Crippen LogP contribution in [0.5, 0.6) is 0 Å². The number of hydrogen-bond donors (Lipinski definition) is 2. The lowest BCUT2D eigenvalue weighted by Gasteiger charge is -2.27. The Bertz CT molecular complexity index is 406. The predicted octanol–water partition coefficient (Wildman–Crippen LogP) is 2.54. The molecule has 0 aliphatic heterocycles. The molecule has 1 aromatic rings. The highest BCUT2D eigenvalue weighted by Crippen LogP contribution is 2.15. The Morgan fingerprint density at radius 1 is 1.24 bits per heavy atom. The van der Waals surface area contributed by atoms with Crippen molar-refractivity contribution in [3.05, 3.63) is 30.3 Å². The van der Waals surface area contributed by atoms with Crippen molar-refractivity contribution >= 4 is 11.6 Å². The molecule has 1 aromatic carbocycles. The van der Waals surface area contributed by atoms with Crippen molar-refractivity contribution in [3.63, 3.8) is 0 Å². The third-order valence-electron chi connectivity index (χ3n) is 3.47. The van der Waals surface area contributed by atoms with Gasteiger partial charge in [-0.25, -0.2) is 0 Å². The molecule has 1 atom stereocenters. The monoisotopic (exact) mass is 291 g/mol. The van der Waals surface area contributed by atoms with Crippen LogP contribution in [0.2, 0.25) is 0 Å². The molecule has 0 aliphatic rings. The fourth-order valence-electron chi connectivity index (χ4n) is 2.35. The number of nitrogens with one attached hydrogen (secondary N) is 1. The standard InChI is InChI=1S/C17H29N3O/c1-4-5-12-20(15-9-7-6-8-10-15)13-11-16(17(18)21)19-14(2)3/h6-10,14,16,19H,4-5,11-13H2,1-3H3,(H2,18,21). The summed E-state index contributed by atoms with van der Waals surface area (Å²) in [5.41, 5.74) is 6.70. The number of benzene rings is 1. The molecule has 1 unspecified atom stereocenters. The molecule has 0 aliphatic carbocycles. The number of carbonyl (C=O) groups is 1. The molecule has 0 saturated carbocycles. The molecule has 0 aromatic heterocycles. The number of carbonyl (C=O) groups excluding carboxylic acids is 1. The third kappa shape index (κ3) is 6.63. The Morgan fingerprint density at radius 2 is 1.90 bits per heavy atom. The van der Waals surface area contributed by atoms with Gasteiger partial charge >= 0.3 is 0 Å². The molecule has 0 radical (unpaired) electrons. The van der Waals surface area contributed by atoms with Gasteiger partial charge in [0.25, 0.3) is 0 Å². The molecular weight excluding hydrogens is 262 g/mol. The molecule has 3 N–H and O–H groups in total. The van der Waals surface area contributed by atoms with E-state index in [1.165, 1.54) is 5.69 Å². The van der Waals surface area contributed by atoms with E-state index in [1.807, 2.05) is 32.0 Å². The van der Waals surface area contributed by atoms with E-state index in [4.69, 9.17) is 5.73 Å². The van der Waals surface area contributed by atoms with Crippen LogP contribution >= 0.6 is 0 Å². The van der Waals surface area contributed by atoms with Crippen LogP contribution in [-0.4, -0.2) is 31.1 Å². The number of anilines is 1. The van der Waals surface area contributed by atoms with E-state index in [0.717, 1.165) is 32.4 Å². The molecule has 21 heavy (non-hydrogen) atoms. The highest BCUT2D eigenvalue weighted by atomic mass is 16.1. The summed E-state index contributed by atoms with van der Waals surface area (Å²) in [6.45, 7) is 8.09. The largest absolute Gasteiger partial charge is 0.371 e. The summed E-state index contributed by atoms with van der Waals surface area (Å²) in [6.07, 6.45) is 3.03. The maximum atomic E-state index is 11.5. The summed E-state index contributed by atoms with van der Waals surface area (Å²) in [7, 11) is 0. The zero-order valence-electron chi connectivity index (χ0n) is 13.5. The van der Waals surface area contributed by atoms with E-state index in [1.54, 1.807) is 0 Å². The van der Waals surface area contributed by atoms with Gasteiger partial charge < -0.3 is 16.0 Å². The molecule has 0 fully saturated rings. The maximum absolute atomic E-state index is 11.5. The Hall–Kier alpha value is -1.55. The van der Waals surface area contributed by atoms with Crippen LogP contribution in [0.3, 0.4) is 0 Å². The molecule has 0 saturated heterocycles. The number of unbranched alkanes of at least 4 members (excludes halogenated alkanes) is 1. The van der Waals surface area contributed by atoms with Crippen LogP contribution in [-0.2, 0) is 4.79 Å². The van der Waals surface area contributed by atoms with E-state index in [2.05, 4.69) is 29.3 Å². The number of amides is 1. The van der Waals surface area contributed by atoms with E-state index in [-0.39, 0.29) is 18.0 Å². The lowest BCUT2D eigenvalue weighted by molar-refractivity contribution is -0.120. The molecule has 4 heteroatoms. The average molecular weight is 291 g/mol. The van der Waals surface area contributed by atoms with Crippen LogP contribution in [0, 0.1) is 0 Å². The zero-order chi connectivity index (χ0) is 15.7. The molecule has 1 rings (SSSR count). The van der Waals surface area contributed by atoms with E-state index in [0.29, 0.717) is 0 Å². The number of nitrogens with two attached hydrogens (primary N) is 1. The number of primary amides is 1. The quantitative estimate of drug-likeness (QED) is 0.696. The number of para-hydroxylation sites is 1. The van der Waals surface area contributed by atoms with Gasteiger partial charge in [-0.1, -0.05) is 45.4 Å². The first-order chi connectivity index (χ1) is 10.0. The Morgan fingerprint density at radius 3 is 2.43 bits per heavy atom. The Balaban J connectivity index is 2.65. The van der Waals surface area contributed by atoms with Gasteiger partial charge in [0, 0.05) is 24.8 Å². The number of rotatable bonds is 10. The van der Waals surface area contributed by atoms with Crippen molar-refractivity contribution < 1.29 is 4.79 Å². The van der Waals surface area contributed by atoms with Crippen molar-refractivity contribution in [1.29, 1.82) is 0 Å². The van der Waals surface area contributed by atoms with E-state index < -0.39 is 0 Å². The second-order valence-corrected chi connectivity index (χ2v) is 5.74. The van der Waals surface area contributed by atoms with Crippen molar-refractivity contribution in [3.8, 4) is 0 Å². The number of nitrogens with zero attached hydrogens (tertiary/aromatic N) is 1. The topological polar surface area (TPSA) is 58.4 Å². The third-order valence-corrected chi connectivity index (χ3v) is 3.47. The summed E-state index contributed by atoms with van der Waals surface area (Å²) in [5, 5.41) is 3.24. The van der Waals surface area contributed by atoms with Gasteiger partial charge in [-0.2, -0.15) is 0 Å². The van der Waals surface area contributed by atoms with Gasteiger partial charge in [0.1, 0.15) is 0 Å².